The zero-order valence-electron chi connectivity index (χ0n) is 15.3. The van der Waals surface area contributed by atoms with E-state index in [4.69, 9.17) is 4.74 Å². The Morgan fingerprint density at radius 3 is 2.45 bits per heavy atom. The van der Waals surface area contributed by atoms with E-state index in [2.05, 4.69) is 31.8 Å². The summed E-state index contributed by atoms with van der Waals surface area (Å²) in [6.07, 6.45) is 1.44. The summed E-state index contributed by atoms with van der Waals surface area (Å²) < 4.78 is 6.63. The normalized spacial score (nSPS) is 10.5. The van der Waals surface area contributed by atoms with Crippen LogP contribution in [0, 0.1) is 0 Å². The van der Waals surface area contributed by atoms with Gasteiger partial charge in [-0.2, -0.15) is 5.10 Å². The number of halogens is 1. The SMILES string of the molecule is O=C(NN=Cc1cccc(OCc2ccccc2)c1)C(=O)Nc1ccc(Br)cc1. The van der Waals surface area contributed by atoms with Crippen molar-refractivity contribution in [3.8, 4) is 5.75 Å². The Labute approximate surface area is 176 Å². The molecule has 2 N–H and O–H groups in total. The molecule has 29 heavy (non-hydrogen) atoms. The molecule has 6 nitrogen and oxygen atoms in total. The van der Waals surface area contributed by atoms with Crippen molar-refractivity contribution in [3.05, 3.63) is 94.5 Å². The molecule has 0 fully saturated rings. The zero-order valence-corrected chi connectivity index (χ0v) is 16.9. The molecule has 146 valence electrons. The molecule has 0 saturated heterocycles. The lowest BCUT2D eigenvalue weighted by Gasteiger charge is -2.07. The maximum absolute atomic E-state index is 11.9. The van der Waals surface area contributed by atoms with Crippen molar-refractivity contribution in [2.45, 2.75) is 6.61 Å². The lowest BCUT2D eigenvalue weighted by Crippen LogP contribution is -2.32. The molecule has 0 aliphatic carbocycles. The molecule has 7 heteroatoms. The van der Waals surface area contributed by atoms with Crippen LogP contribution in [0.3, 0.4) is 0 Å². The lowest BCUT2D eigenvalue weighted by atomic mass is 10.2. The average molecular weight is 452 g/mol. The van der Waals surface area contributed by atoms with Crippen molar-refractivity contribution >= 4 is 39.6 Å². The van der Waals surface area contributed by atoms with Crippen LogP contribution in [-0.4, -0.2) is 18.0 Å². The third-order valence-electron chi connectivity index (χ3n) is 3.79. The van der Waals surface area contributed by atoms with Crippen LogP contribution in [0.15, 0.2) is 88.4 Å². The Morgan fingerprint density at radius 2 is 1.69 bits per heavy atom. The second kappa shape index (κ2) is 10.2. The van der Waals surface area contributed by atoms with Crippen LogP contribution >= 0.6 is 15.9 Å². The highest BCUT2D eigenvalue weighted by Gasteiger charge is 2.12. The highest BCUT2D eigenvalue weighted by Crippen LogP contribution is 2.15. The van der Waals surface area contributed by atoms with Gasteiger partial charge in [0.05, 0.1) is 6.21 Å². The van der Waals surface area contributed by atoms with Gasteiger partial charge in [-0.3, -0.25) is 9.59 Å². The van der Waals surface area contributed by atoms with Gasteiger partial charge in [-0.05, 0) is 47.5 Å². The predicted octanol–water partition coefficient (Wildman–Crippen LogP) is 4.12. The van der Waals surface area contributed by atoms with Gasteiger partial charge < -0.3 is 10.1 Å². The first-order valence-electron chi connectivity index (χ1n) is 8.77. The van der Waals surface area contributed by atoms with Gasteiger partial charge in [0.1, 0.15) is 12.4 Å². The van der Waals surface area contributed by atoms with Crippen LogP contribution in [-0.2, 0) is 16.2 Å². The molecule has 0 unspecified atom stereocenters. The summed E-state index contributed by atoms with van der Waals surface area (Å²) in [6.45, 7) is 0.453. The Hall–Kier alpha value is -3.45. The molecule has 0 spiro atoms. The van der Waals surface area contributed by atoms with Crippen LogP contribution in [0.4, 0.5) is 5.69 Å². The van der Waals surface area contributed by atoms with E-state index in [-0.39, 0.29) is 0 Å². The fraction of sp³-hybridized carbons (Fsp3) is 0.0455. The van der Waals surface area contributed by atoms with Gasteiger partial charge in [-0.1, -0.05) is 58.4 Å². The van der Waals surface area contributed by atoms with Gasteiger partial charge in [0.2, 0.25) is 0 Å². The van der Waals surface area contributed by atoms with E-state index in [1.165, 1.54) is 6.21 Å². The van der Waals surface area contributed by atoms with E-state index < -0.39 is 11.8 Å². The standard InChI is InChI=1S/C22H18BrN3O3/c23-18-9-11-19(12-10-18)25-21(27)22(28)26-24-14-17-7-4-8-20(13-17)29-15-16-5-2-1-3-6-16/h1-14H,15H2,(H,25,27)(H,26,28). The van der Waals surface area contributed by atoms with Crippen molar-refractivity contribution in [1.29, 1.82) is 0 Å². The third kappa shape index (κ3) is 6.58. The molecule has 0 saturated carbocycles. The maximum atomic E-state index is 11.9. The molecule has 0 heterocycles. The van der Waals surface area contributed by atoms with E-state index >= 15 is 0 Å². The summed E-state index contributed by atoms with van der Waals surface area (Å²) in [5.41, 5.74) is 4.51. The fourth-order valence-corrected chi connectivity index (χ4v) is 2.63. The molecule has 0 aromatic heterocycles. The molecular formula is C22H18BrN3O3. The third-order valence-corrected chi connectivity index (χ3v) is 4.32. The molecule has 3 aromatic rings. The number of hydrogen-bond donors (Lipinski definition) is 2. The topological polar surface area (TPSA) is 79.8 Å². The van der Waals surface area contributed by atoms with Gasteiger partial charge in [0.15, 0.2) is 0 Å². The van der Waals surface area contributed by atoms with Gasteiger partial charge >= 0.3 is 11.8 Å². The minimum atomic E-state index is -0.861. The van der Waals surface area contributed by atoms with E-state index in [0.29, 0.717) is 18.0 Å². The first-order chi connectivity index (χ1) is 14.1. The summed E-state index contributed by atoms with van der Waals surface area (Å²) in [7, 11) is 0. The van der Waals surface area contributed by atoms with Gasteiger partial charge in [0.25, 0.3) is 0 Å². The Morgan fingerprint density at radius 1 is 0.931 bits per heavy atom. The number of carbonyl (C=O) groups excluding carboxylic acids is 2. The largest absolute Gasteiger partial charge is 0.489 e. The van der Waals surface area contributed by atoms with E-state index in [1.54, 1.807) is 30.3 Å². The zero-order chi connectivity index (χ0) is 20.5. The summed E-state index contributed by atoms with van der Waals surface area (Å²) in [6, 6.07) is 24.0. The van der Waals surface area contributed by atoms with Crippen LogP contribution < -0.4 is 15.5 Å². The monoisotopic (exact) mass is 451 g/mol. The van der Waals surface area contributed by atoms with Crippen LogP contribution in [0.25, 0.3) is 0 Å². The molecule has 3 rings (SSSR count). The fourth-order valence-electron chi connectivity index (χ4n) is 2.36. The number of nitrogens with zero attached hydrogens (tertiary/aromatic N) is 1. The molecular weight excluding hydrogens is 434 g/mol. The minimum absolute atomic E-state index is 0.453. The maximum Gasteiger partial charge on any atom is 0.329 e. The molecule has 2 amide bonds. The van der Waals surface area contributed by atoms with Crippen molar-refractivity contribution in [3.63, 3.8) is 0 Å². The number of rotatable bonds is 6. The number of carbonyl (C=O) groups is 2. The number of hydrazone groups is 1. The van der Waals surface area contributed by atoms with E-state index in [1.807, 2.05) is 48.5 Å². The first-order valence-corrected chi connectivity index (χ1v) is 9.56. The molecule has 0 radical (unpaired) electrons. The quantitative estimate of drug-likeness (QED) is 0.336. The molecule has 0 aliphatic heterocycles. The number of ether oxygens (including phenoxy) is 1. The second-order valence-electron chi connectivity index (χ2n) is 6.01. The molecule has 0 atom stereocenters. The van der Waals surface area contributed by atoms with Crippen molar-refractivity contribution in [2.24, 2.45) is 5.10 Å². The van der Waals surface area contributed by atoms with Crippen LogP contribution in [0.2, 0.25) is 0 Å². The number of anilines is 1. The number of hydrogen-bond acceptors (Lipinski definition) is 4. The number of benzene rings is 3. The Balaban J connectivity index is 1.51. The molecule has 3 aromatic carbocycles. The molecule has 0 aliphatic rings. The average Bonchev–Trinajstić information content (AvgIpc) is 2.75. The Kier molecular flexibility index (Phi) is 7.13. The van der Waals surface area contributed by atoms with Crippen molar-refractivity contribution in [1.82, 2.24) is 5.43 Å². The highest BCUT2D eigenvalue weighted by atomic mass is 79.9. The van der Waals surface area contributed by atoms with E-state index in [0.717, 1.165) is 15.6 Å². The van der Waals surface area contributed by atoms with Gasteiger partial charge in [-0.25, -0.2) is 5.43 Å². The van der Waals surface area contributed by atoms with Crippen molar-refractivity contribution < 1.29 is 14.3 Å². The van der Waals surface area contributed by atoms with Crippen LogP contribution in [0.1, 0.15) is 11.1 Å². The van der Waals surface area contributed by atoms with Gasteiger partial charge in [-0.15, -0.1) is 0 Å². The smallest absolute Gasteiger partial charge is 0.329 e. The van der Waals surface area contributed by atoms with Crippen molar-refractivity contribution in [2.75, 3.05) is 5.32 Å². The first kappa shape index (κ1) is 20.3. The predicted molar refractivity (Wildman–Crippen MR) is 116 cm³/mol. The highest BCUT2D eigenvalue weighted by molar-refractivity contribution is 9.10. The van der Waals surface area contributed by atoms with E-state index in [9.17, 15) is 9.59 Å². The summed E-state index contributed by atoms with van der Waals surface area (Å²) in [5, 5.41) is 6.32. The Bertz CT molecular complexity index is 1010. The summed E-state index contributed by atoms with van der Waals surface area (Å²) in [5.74, 6) is -0.984. The minimum Gasteiger partial charge on any atom is -0.489 e. The van der Waals surface area contributed by atoms with Gasteiger partial charge in [0, 0.05) is 10.2 Å². The summed E-state index contributed by atoms with van der Waals surface area (Å²) >= 11 is 3.30. The second-order valence-corrected chi connectivity index (χ2v) is 6.92. The number of amides is 2. The van der Waals surface area contributed by atoms with Crippen LogP contribution in [0.5, 0.6) is 5.75 Å². The number of nitrogens with one attached hydrogen (secondary N) is 2. The molecule has 0 bridgehead atoms. The lowest BCUT2D eigenvalue weighted by molar-refractivity contribution is -0.136. The summed E-state index contributed by atoms with van der Waals surface area (Å²) in [4.78, 5) is 23.7.